The molecule has 3 N–H and O–H groups in total. The lowest BCUT2D eigenvalue weighted by Gasteiger charge is -2.23. The molecule has 0 saturated heterocycles. The van der Waals surface area contributed by atoms with Crippen LogP contribution in [0.25, 0.3) is 0 Å². The summed E-state index contributed by atoms with van der Waals surface area (Å²) in [6.45, 7) is 3.09. The first-order valence-corrected chi connectivity index (χ1v) is 6.17. The summed E-state index contributed by atoms with van der Waals surface area (Å²) in [5.74, 6) is 0.212. The van der Waals surface area contributed by atoms with E-state index in [1.807, 2.05) is 6.34 Å². The minimum Gasteiger partial charge on any atom is -0.508 e. The summed E-state index contributed by atoms with van der Waals surface area (Å²) in [7, 11) is 0. The van der Waals surface area contributed by atoms with Crippen molar-refractivity contribution in [3.05, 3.63) is 29.8 Å². The maximum absolute atomic E-state index is 9.94. The summed E-state index contributed by atoms with van der Waals surface area (Å²) in [6, 6.07) is 6.61. The Labute approximate surface area is 107 Å². The van der Waals surface area contributed by atoms with Crippen molar-refractivity contribution in [3.63, 3.8) is 0 Å². The normalized spacial score (nSPS) is 16.8. The Morgan fingerprint density at radius 3 is 2.78 bits per heavy atom. The highest BCUT2D eigenvalue weighted by atomic mass is 16.3. The number of aliphatic hydroxyl groups excluding tert-OH is 1. The molecule has 1 unspecified atom stereocenters. The van der Waals surface area contributed by atoms with Gasteiger partial charge in [-0.25, -0.2) is 0 Å². The Morgan fingerprint density at radius 1 is 1.33 bits per heavy atom. The van der Waals surface area contributed by atoms with Crippen LogP contribution in [0, 0.1) is 0 Å². The molecule has 5 heteroatoms. The van der Waals surface area contributed by atoms with E-state index in [-0.39, 0.29) is 5.75 Å². The van der Waals surface area contributed by atoms with Gasteiger partial charge < -0.3 is 15.1 Å². The number of aliphatic hydroxyl groups is 1. The minimum atomic E-state index is -0.563. The molecule has 5 nitrogen and oxygen atoms in total. The SMILES string of the molecule is Oc1ccc(C(O)CNCN2C=NCCC2)cc1. The average Bonchev–Trinajstić information content (AvgIpc) is 2.40. The molecule has 0 spiro atoms. The smallest absolute Gasteiger partial charge is 0.115 e. The van der Waals surface area contributed by atoms with E-state index in [1.54, 1.807) is 24.3 Å². The van der Waals surface area contributed by atoms with Gasteiger partial charge in [0, 0.05) is 19.6 Å². The Hall–Kier alpha value is -1.59. The van der Waals surface area contributed by atoms with Gasteiger partial charge in [-0.05, 0) is 24.1 Å². The largest absolute Gasteiger partial charge is 0.508 e. The van der Waals surface area contributed by atoms with E-state index in [0.29, 0.717) is 13.2 Å². The van der Waals surface area contributed by atoms with E-state index in [1.165, 1.54) is 0 Å². The first-order valence-electron chi connectivity index (χ1n) is 6.17. The van der Waals surface area contributed by atoms with Gasteiger partial charge in [0.1, 0.15) is 5.75 Å². The Bertz CT molecular complexity index is 392. The van der Waals surface area contributed by atoms with Crippen molar-refractivity contribution in [2.75, 3.05) is 26.3 Å². The van der Waals surface area contributed by atoms with Gasteiger partial charge in [-0.3, -0.25) is 10.3 Å². The van der Waals surface area contributed by atoms with Gasteiger partial charge in [0.25, 0.3) is 0 Å². The molecular weight excluding hydrogens is 230 g/mol. The maximum atomic E-state index is 9.94. The number of nitrogens with zero attached hydrogens (tertiary/aromatic N) is 2. The summed E-state index contributed by atoms with van der Waals surface area (Å²) < 4.78 is 0. The first kappa shape index (κ1) is 12.9. The molecule has 0 aromatic heterocycles. The van der Waals surface area contributed by atoms with Crippen molar-refractivity contribution in [2.45, 2.75) is 12.5 Å². The molecule has 1 aromatic carbocycles. The molecule has 1 heterocycles. The molecule has 0 bridgehead atoms. The topological polar surface area (TPSA) is 68.1 Å². The fraction of sp³-hybridized carbons (Fsp3) is 0.462. The zero-order chi connectivity index (χ0) is 12.8. The molecule has 1 aromatic rings. The van der Waals surface area contributed by atoms with E-state index in [4.69, 9.17) is 5.11 Å². The van der Waals surface area contributed by atoms with Crippen molar-refractivity contribution >= 4 is 6.34 Å². The second-order valence-electron chi connectivity index (χ2n) is 4.41. The molecule has 1 atom stereocenters. The summed E-state index contributed by atoms with van der Waals surface area (Å²) >= 11 is 0. The third-order valence-corrected chi connectivity index (χ3v) is 2.91. The highest BCUT2D eigenvalue weighted by Gasteiger charge is 2.08. The summed E-state index contributed by atoms with van der Waals surface area (Å²) in [4.78, 5) is 6.29. The highest BCUT2D eigenvalue weighted by molar-refractivity contribution is 5.55. The molecule has 0 aliphatic carbocycles. The van der Waals surface area contributed by atoms with Crippen molar-refractivity contribution in [3.8, 4) is 5.75 Å². The first-order chi connectivity index (χ1) is 8.75. The van der Waals surface area contributed by atoms with Gasteiger partial charge in [0.05, 0.1) is 19.1 Å². The predicted molar refractivity (Wildman–Crippen MR) is 70.6 cm³/mol. The molecule has 2 rings (SSSR count). The van der Waals surface area contributed by atoms with Crippen molar-refractivity contribution in [1.29, 1.82) is 0 Å². The van der Waals surface area contributed by atoms with Gasteiger partial charge in [0.2, 0.25) is 0 Å². The number of aliphatic imine (C=N–C) groups is 1. The lowest BCUT2D eigenvalue weighted by Crippen LogP contribution is -2.37. The highest BCUT2D eigenvalue weighted by Crippen LogP contribution is 2.15. The summed E-state index contributed by atoms with van der Waals surface area (Å²) in [6.07, 6.45) is 2.37. The van der Waals surface area contributed by atoms with E-state index >= 15 is 0 Å². The molecule has 0 fully saturated rings. The van der Waals surface area contributed by atoms with Crippen LogP contribution in [0.5, 0.6) is 5.75 Å². The third kappa shape index (κ3) is 3.72. The van der Waals surface area contributed by atoms with Crippen molar-refractivity contribution < 1.29 is 10.2 Å². The van der Waals surface area contributed by atoms with Crippen LogP contribution in [0.3, 0.4) is 0 Å². The molecular formula is C13H19N3O2. The number of benzene rings is 1. The van der Waals surface area contributed by atoms with Gasteiger partial charge in [-0.15, -0.1) is 0 Å². The molecule has 0 amide bonds. The van der Waals surface area contributed by atoms with Crippen LogP contribution in [-0.4, -0.2) is 47.8 Å². The zero-order valence-corrected chi connectivity index (χ0v) is 10.3. The molecule has 0 radical (unpaired) electrons. The van der Waals surface area contributed by atoms with Crippen LogP contribution in [-0.2, 0) is 0 Å². The van der Waals surface area contributed by atoms with Crippen LogP contribution in [0.2, 0.25) is 0 Å². The second-order valence-corrected chi connectivity index (χ2v) is 4.41. The van der Waals surface area contributed by atoms with Crippen LogP contribution < -0.4 is 5.32 Å². The standard InChI is InChI=1S/C13H19N3O2/c17-12-4-2-11(3-5-12)13(18)8-15-10-16-7-1-6-14-9-16/h2-5,9,13,15,17-18H,1,6-8,10H2. The number of hydrogen-bond donors (Lipinski definition) is 3. The van der Waals surface area contributed by atoms with Gasteiger partial charge in [0.15, 0.2) is 0 Å². The summed E-state index contributed by atoms with van der Waals surface area (Å²) in [5, 5.41) is 22.3. The van der Waals surface area contributed by atoms with Gasteiger partial charge in [-0.1, -0.05) is 12.1 Å². The molecule has 1 aliphatic heterocycles. The number of hydrogen-bond acceptors (Lipinski definition) is 5. The monoisotopic (exact) mass is 249 g/mol. The average molecular weight is 249 g/mol. The molecule has 98 valence electrons. The lowest BCUT2D eigenvalue weighted by molar-refractivity contribution is 0.169. The summed E-state index contributed by atoms with van der Waals surface area (Å²) in [5.41, 5.74) is 0.799. The Balaban J connectivity index is 1.74. The fourth-order valence-electron chi connectivity index (χ4n) is 1.88. The predicted octanol–water partition coefficient (Wildman–Crippen LogP) is 0.707. The quantitative estimate of drug-likeness (QED) is 0.719. The van der Waals surface area contributed by atoms with E-state index in [0.717, 1.165) is 25.1 Å². The van der Waals surface area contributed by atoms with Crippen molar-refractivity contribution in [2.24, 2.45) is 4.99 Å². The number of phenolic OH excluding ortho intramolecular Hbond substituents is 1. The third-order valence-electron chi connectivity index (χ3n) is 2.91. The number of rotatable bonds is 5. The van der Waals surface area contributed by atoms with Gasteiger partial charge in [-0.2, -0.15) is 0 Å². The van der Waals surface area contributed by atoms with Crippen LogP contribution >= 0.6 is 0 Å². The van der Waals surface area contributed by atoms with E-state index in [2.05, 4.69) is 15.2 Å². The second kappa shape index (κ2) is 6.37. The van der Waals surface area contributed by atoms with E-state index in [9.17, 15) is 5.11 Å². The number of nitrogens with one attached hydrogen (secondary N) is 1. The van der Waals surface area contributed by atoms with Gasteiger partial charge >= 0.3 is 0 Å². The fourth-order valence-corrected chi connectivity index (χ4v) is 1.88. The zero-order valence-electron chi connectivity index (χ0n) is 10.3. The lowest BCUT2D eigenvalue weighted by atomic mass is 10.1. The minimum absolute atomic E-state index is 0.212. The Morgan fingerprint density at radius 2 is 2.11 bits per heavy atom. The molecule has 1 aliphatic rings. The molecule has 0 saturated carbocycles. The Kier molecular flexibility index (Phi) is 4.55. The number of phenols is 1. The van der Waals surface area contributed by atoms with Crippen LogP contribution in [0.1, 0.15) is 18.1 Å². The van der Waals surface area contributed by atoms with Crippen LogP contribution in [0.15, 0.2) is 29.3 Å². The molecule has 18 heavy (non-hydrogen) atoms. The maximum Gasteiger partial charge on any atom is 0.115 e. The van der Waals surface area contributed by atoms with Crippen molar-refractivity contribution in [1.82, 2.24) is 10.2 Å². The van der Waals surface area contributed by atoms with E-state index < -0.39 is 6.10 Å². The number of aromatic hydroxyl groups is 1. The van der Waals surface area contributed by atoms with Crippen LogP contribution in [0.4, 0.5) is 0 Å².